The predicted octanol–water partition coefficient (Wildman–Crippen LogP) is 2.63. The summed E-state index contributed by atoms with van der Waals surface area (Å²) < 4.78 is 0. The first-order valence-corrected chi connectivity index (χ1v) is 9.09. The third kappa shape index (κ3) is 4.04. The summed E-state index contributed by atoms with van der Waals surface area (Å²) in [7, 11) is 0. The molecule has 0 aliphatic carbocycles. The number of nitrogens with one attached hydrogen (secondary N) is 1. The van der Waals surface area contributed by atoms with Crippen molar-refractivity contribution < 1.29 is 4.79 Å². The topological polar surface area (TPSA) is 45.2 Å². The Bertz CT molecular complexity index is 442. The first-order valence-electron chi connectivity index (χ1n) is 8.21. The van der Waals surface area contributed by atoms with Gasteiger partial charge in [-0.25, -0.2) is 4.98 Å². The monoisotopic (exact) mass is 307 g/mol. The predicted molar refractivity (Wildman–Crippen MR) is 85.5 cm³/mol. The van der Waals surface area contributed by atoms with Crippen LogP contribution >= 0.6 is 11.3 Å². The van der Waals surface area contributed by atoms with Crippen LogP contribution in [0.15, 0.2) is 11.6 Å². The number of amides is 1. The molecule has 0 bridgehead atoms. The Morgan fingerprint density at radius 2 is 2.24 bits per heavy atom. The Labute approximate surface area is 130 Å². The third-order valence-electron chi connectivity index (χ3n) is 4.80. The van der Waals surface area contributed by atoms with Crippen LogP contribution in [0.25, 0.3) is 0 Å². The van der Waals surface area contributed by atoms with Crippen molar-refractivity contribution in [2.75, 3.05) is 26.2 Å². The highest BCUT2D eigenvalue weighted by atomic mass is 32.1. The maximum atomic E-state index is 12.4. The van der Waals surface area contributed by atoms with Crippen molar-refractivity contribution in [3.8, 4) is 0 Å². The lowest BCUT2D eigenvalue weighted by Gasteiger charge is -2.32. The number of nitrogens with zero attached hydrogens (tertiary/aromatic N) is 2. The minimum absolute atomic E-state index is 0.356. The van der Waals surface area contributed by atoms with E-state index in [0.717, 1.165) is 51.4 Å². The molecule has 3 heterocycles. The standard InChI is InChI=1S/C16H25N3OS/c20-15(4-3-13-5-7-17-8-6-13)19-10-1-2-14(12-19)16-18-9-11-21-16/h9,11,13-14,17H,1-8,10,12H2. The van der Waals surface area contributed by atoms with Crippen LogP contribution in [0.4, 0.5) is 0 Å². The normalized spacial score (nSPS) is 24.2. The highest BCUT2D eigenvalue weighted by Crippen LogP contribution is 2.29. The number of rotatable bonds is 4. The summed E-state index contributed by atoms with van der Waals surface area (Å²) in [5.74, 6) is 1.56. The molecule has 2 saturated heterocycles. The molecule has 1 aromatic rings. The zero-order valence-corrected chi connectivity index (χ0v) is 13.4. The maximum Gasteiger partial charge on any atom is 0.222 e. The van der Waals surface area contributed by atoms with Gasteiger partial charge in [0.1, 0.15) is 0 Å². The van der Waals surface area contributed by atoms with Gasteiger partial charge >= 0.3 is 0 Å². The smallest absolute Gasteiger partial charge is 0.222 e. The second-order valence-electron chi connectivity index (χ2n) is 6.28. The molecule has 2 fully saturated rings. The SMILES string of the molecule is O=C(CCC1CCNCC1)N1CCCC(c2nccs2)C1. The van der Waals surface area contributed by atoms with Gasteiger partial charge in [-0.15, -0.1) is 11.3 Å². The van der Waals surface area contributed by atoms with Crippen LogP contribution in [-0.4, -0.2) is 42.0 Å². The minimum Gasteiger partial charge on any atom is -0.342 e. The van der Waals surface area contributed by atoms with E-state index >= 15 is 0 Å². The summed E-state index contributed by atoms with van der Waals surface area (Å²) in [4.78, 5) is 19.0. The molecule has 0 radical (unpaired) electrons. The fraction of sp³-hybridized carbons (Fsp3) is 0.750. The molecule has 1 atom stereocenters. The lowest BCUT2D eigenvalue weighted by molar-refractivity contribution is -0.132. The van der Waals surface area contributed by atoms with Gasteiger partial charge in [0.05, 0.1) is 5.01 Å². The molecular weight excluding hydrogens is 282 g/mol. The van der Waals surface area contributed by atoms with E-state index in [1.807, 2.05) is 11.6 Å². The largest absolute Gasteiger partial charge is 0.342 e. The van der Waals surface area contributed by atoms with E-state index in [1.165, 1.54) is 24.3 Å². The van der Waals surface area contributed by atoms with Gasteiger partial charge in [-0.3, -0.25) is 4.79 Å². The lowest BCUT2D eigenvalue weighted by atomic mass is 9.92. The van der Waals surface area contributed by atoms with Gasteiger partial charge in [-0.2, -0.15) is 0 Å². The van der Waals surface area contributed by atoms with E-state index in [2.05, 4.69) is 15.2 Å². The molecule has 2 aliphatic heterocycles. The highest BCUT2D eigenvalue weighted by Gasteiger charge is 2.26. The molecule has 2 aliphatic rings. The number of hydrogen-bond acceptors (Lipinski definition) is 4. The third-order valence-corrected chi connectivity index (χ3v) is 5.74. The quantitative estimate of drug-likeness (QED) is 0.930. The Kier molecular flexibility index (Phi) is 5.25. The van der Waals surface area contributed by atoms with E-state index in [9.17, 15) is 4.79 Å². The number of carbonyl (C=O) groups excluding carboxylic acids is 1. The van der Waals surface area contributed by atoms with Crippen molar-refractivity contribution in [1.29, 1.82) is 0 Å². The molecule has 0 spiro atoms. The van der Waals surface area contributed by atoms with Crippen LogP contribution in [0.5, 0.6) is 0 Å². The van der Waals surface area contributed by atoms with Crippen molar-refractivity contribution >= 4 is 17.2 Å². The van der Waals surface area contributed by atoms with Crippen molar-refractivity contribution in [2.45, 2.75) is 44.4 Å². The molecule has 1 N–H and O–H groups in total. The van der Waals surface area contributed by atoms with Crippen LogP contribution in [0.3, 0.4) is 0 Å². The molecule has 116 valence electrons. The van der Waals surface area contributed by atoms with Gasteiger partial charge in [0.2, 0.25) is 5.91 Å². The van der Waals surface area contributed by atoms with Crippen molar-refractivity contribution in [3.63, 3.8) is 0 Å². The van der Waals surface area contributed by atoms with Crippen LogP contribution < -0.4 is 5.32 Å². The van der Waals surface area contributed by atoms with Crippen LogP contribution in [0.2, 0.25) is 0 Å². The molecule has 21 heavy (non-hydrogen) atoms. The molecule has 1 amide bonds. The first kappa shape index (κ1) is 15.0. The number of likely N-dealkylation sites (tertiary alicyclic amines) is 1. The second-order valence-corrected chi connectivity index (χ2v) is 7.21. The van der Waals surface area contributed by atoms with Gasteiger partial charge in [0, 0.05) is 37.0 Å². The van der Waals surface area contributed by atoms with Gasteiger partial charge in [-0.1, -0.05) is 0 Å². The zero-order chi connectivity index (χ0) is 14.5. The average molecular weight is 307 g/mol. The average Bonchev–Trinajstić information content (AvgIpc) is 3.08. The first-order chi connectivity index (χ1) is 10.3. The van der Waals surface area contributed by atoms with Gasteiger partial charge < -0.3 is 10.2 Å². The molecule has 0 saturated carbocycles. The molecule has 1 unspecified atom stereocenters. The van der Waals surface area contributed by atoms with Crippen molar-refractivity contribution in [1.82, 2.24) is 15.2 Å². The summed E-state index contributed by atoms with van der Waals surface area (Å²) >= 11 is 1.72. The lowest BCUT2D eigenvalue weighted by Crippen LogP contribution is -2.39. The minimum atomic E-state index is 0.356. The van der Waals surface area contributed by atoms with Gasteiger partial charge in [0.25, 0.3) is 0 Å². The summed E-state index contributed by atoms with van der Waals surface area (Å²) in [6.45, 7) is 4.05. The number of piperidine rings is 2. The number of carbonyl (C=O) groups is 1. The van der Waals surface area contributed by atoms with Crippen LogP contribution in [-0.2, 0) is 4.79 Å². The second kappa shape index (κ2) is 7.36. The summed E-state index contributed by atoms with van der Waals surface area (Å²) in [5.41, 5.74) is 0. The molecule has 0 aromatic carbocycles. The number of hydrogen-bond donors (Lipinski definition) is 1. The van der Waals surface area contributed by atoms with E-state index < -0.39 is 0 Å². The number of thiazole rings is 1. The molecule has 1 aromatic heterocycles. The van der Waals surface area contributed by atoms with Gasteiger partial charge in [-0.05, 0) is 51.1 Å². The Balaban J connectivity index is 1.47. The molecular formula is C16H25N3OS. The number of aromatic nitrogens is 1. The van der Waals surface area contributed by atoms with Crippen LogP contribution in [0.1, 0.15) is 49.5 Å². The van der Waals surface area contributed by atoms with E-state index in [4.69, 9.17) is 0 Å². The maximum absolute atomic E-state index is 12.4. The van der Waals surface area contributed by atoms with Crippen molar-refractivity contribution in [2.24, 2.45) is 5.92 Å². The van der Waals surface area contributed by atoms with Gasteiger partial charge in [0.15, 0.2) is 0 Å². The van der Waals surface area contributed by atoms with Crippen molar-refractivity contribution in [3.05, 3.63) is 16.6 Å². The fourth-order valence-corrected chi connectivity index (χ4v) is 4.27. The van der Waals surface area contributed by atoms with E-state index in [1.54, 1.807) is 11.3 Å². The fourth-order valence-electron chi connectivity index (χ4n) is 3.50. The summed E-state index contributed by atoms with van der Waals surface area (Å²) in [6.07, 6.45) is 8.42. The highest BCUT2D eigenvalue weighted by molar-refractivity contribution is 7.09. The Hall–Kier alpha value is -0.940. The van der Waals surface area contributed by atoms with Crippen LogP contribution in [0, 0.1) is 5.92 Å². The molecule has 4 nitrogen and oxygen atoms in total. The summed E-state index contributed by atoms with van der Waals surface area (Å²) in [6, 6.07) is 0. The zero-order valence-electron chi connectivity index (χ0n) is 12.6. The Morgan fingerprint density at radius 1 is 1.38 bits per heavy atom. The molecule has 5 heteroatoms. The Morgan fingerprint density at radius 3 is 3.00 bits per heavy atom. The summed E-state index contributed by atoms with van der Waals surface area (Å²) in [5, 5.41) is 6.62. The van der Waals surface area contributed by atoms with E-state index in [0.29, 0.717) is 11.8 Å². The molecule has 3 rings (SSSR count). The van der Waals surface area contributed by atoms with E-state index in [-0.39, 0.29) is 0 Å².